The molecule has 2 aromatic carbocycles. The van der Waals surface area contributed by atoms with E-state index in [0.717, 1.165) is 57.2 Å². The first-order valence-corrected chi connectivity index (χ1v) is 13.1. The zero-order chi connectivity index (χ0) is 26.6. The summed E-state index contributed by atoms with van der Waals surface area (Å²) < 4.78 is 45.3. The smallest absolute Gasteiger partial charge is 0.425 e. The molecule has 4 N–H and O–H groups in total. The number of H-pyrrole nitrogens is 1. The molecular formula is C27H31F3N6O2. The molecule has 1 amide bonds. The fourth-order valence-corrected chi connectivity index (χ4v) is 5.08. The van der Waals surface area contributed by atoms with Gasteiger partial charge in [0.25, 0.3) is 5.91 Å². The normalized spacial score (nSPS) is 19.5. The number of benzene rings is 2. The van der Waals surface area contributed by atoms with Crippen molar-refractivity contribution in [3.8, 4) is 16.9 Å². The van der Waals surface area contributed by atoms with Crippen molar-refractivity contribution in [2.45, 2.75) is 57.0 Å². The van der Waals surface area contributed by atoms with E-state index in [1.807, 2.05) is 12.1 Å². The van der Waals surface area contributed by atoms with E-state index in [4.69, 9.17) is 10.5 Å². The van der Waals surface area contributed by atoms with Crippen LogP contribution in [0, 0.1) is 0 Å². The highest BCUT2D eigenvalue weighted by atomic mass is 19.4. The Kier molecular flexibility index (Phi) is 6.13. The molecule has 8 nitrogen and oxygen atoms in total. The maximum atomic E-state index is 13.3. The van der Waals surface area contributed by atoms with Gasteiger partial charge in [-0.05, 0) is 68.0 Å². The summed E-state index contributed by atoms with van der Waals surface area (Å²) in [6.07, 6.45) is -2.07. The lowest BCUT2D eigenvalue weighted by atomic mass is 9.99. The Morgan fingerprint density at radius 1 is 1.11 bits per heavy atom. The highest BCUT2D eigenvalue weighted by molar-refractivity contribution is 6.02. The number of amides is 1. The number of carbonyl (C=O) groups excluding carboxylic acids is 1. The number of anilines is 2. The molecule has 1 aliphatic heterocycles. The Bertz CT molecular complexity index is 1360. The van der Waals surface area contributed by atoms with Crippen LogP contribution in [0.3, 0.4) is 0 Å². The molecular weight excluding hydrogens is 497 g/mol. The van der Waals surface area contributed by atoms with Crippen LogP contribution in [0.15, 0.2) is 30.3 Å². The fraction of sp³-hybridized carbons (Fsp3) is 0.481. The minimum Gasteiger partial charge on any atom is -0.480 e. The molecule has 202 valence electrons. The van der Waals surface area contributed by atoms with E-state index in [0.29, 0.717) is 28.1 Å². The van der Waals surface area contributed by atoms with Gasteiger partial charge in [0.2, 0.25) is 0 Å². The van der Waals surface area contributed by atoms with Gasteiger partial charge in [0.15, 0.2) is 11.9 Å². The number of rotatable bonds is 7. The number of alkyl halides is 3. The van der Waals surface area contributed by atoms with E-state index in [1.54, 1.807) is 18.2 Å². The third kappa shape index (κ3) is 4.99. The van der Waals surface area contributed by atoms with Gasteiger partial charge in [-0.2, -0.15) is 18.3 Å². The zero-order valence-electron chi connectivity index (χ0n) is 21.1. The number of halogens is 3. The van der Waals surface area contributed by atoms with Crippen molar-refractivity contribution in [1.82, 2.24) is 20.4 Å². The van der Waals surface area contributed by atoms with Crippen LogP contribution in [-0.2, 0) is 0 Å². The minimum absolute atomic E-state index is 0.00345. The Hall–Kier alpha value is -3.47. The zero-order valence-corrected chi connectivity index (χ0v) is 21.1. The number of piperazine rings is 1. The van der Waals surface area contributed by atoms with Gasteiger partial charge >= 0.3 is 6.18 Å². The Morgan fingerprint density at radius 2 is 1.84 bits per heavy atom. The molecule has 0 bridgehead atoms. The maximum Gasteiger partial charge on any atom is 0.425 e. The van der Waals surface area contributed by atoms with Gasteiger partial charge in [-0.1, -0.05) is 6.07 Å². The van der Waals surface area contributed by atoms with E-state index in [-0.39, 0.29) is 23.5 Å². The summed E-state index contributed by atoms with van der Waals surface area (Å²) in [5, 5.41) is 10.2. The highest BCUT2D eigenvalue weighted by Gasteiger charge is 2.38. The molecule has 1 saturated heterocycles. The summed E-state index contributed by atoms with van der Waals surface area (Å²) in [5.41, 5.74) is 9.24. The van der Waals surface area contributed by atoms with Crippen LogP contribution < -0.4 is 20.7 Å². The largest absolute Gasteiger partial charge is 0.480 e. The molecule has 0 spiro atoms. The van der Waals surface area contributed by atoms with Gasteiger partial charge in [0, 0.05) is 38.3 Å². The summed E-state index contributed by atoms with van der Waals surface area (Å²) in [5.74, 6) is -0.0283. The summed E-state index contributed by atoms with van der Waals surface area (Å²) in [4.78, 5) is 17.9. The average Bonchev–Trinajstić information content (AvgIpc) is 3.83. The summed E-state index contributed by atoms with van der Waals surface area (Å²) in [7, 11) is 0. The molecule has 1 aromatic heterocycles. The lowest BCUT2D eigenvalue weighted by Crippen LogP contribution is -2.47. The summed E-state index contributed by atoms with van der Waals surface area (Å²) >= 11 is 0. The number of hydrogen-bond acceptors (Lipinski definition) is 6. The second-order valence-corrected chi connectivity index (χ2v) is 10.5. The highest BCUT2D eigenvalue weighted by Crippen LogP contribution is 2.39. The number of nitrogens with zero attached hydrogens (tertiary/aromatic N) is 3. The topological polar surface area (TPSA) is 99.5 Å². The number of aromatic nitrogens is 2. The third-order valence-corrected chi connectivity index (χ3v) is 7.63. The van der Waals surface area contributed by atoms with Gasteiger partial charge in [0.1, 0.15) is 5.75 Å². The van der Waals surface area contributed by atoms with Gasteiger partial charge in [-0.25, -0.2) is 0 Å². The number of fused-ring (bicyclic) bond motifs is 1. The monoisotopic (exact) mass is 528 g/mol. The van der Waals surface area contributed by atoms with Gasteiger partial charge in [-0.15, -0.1) is 0 Å². The van der Waals surface area contributed by atoms with Crippen molar-refractivity contribution in [1.29, 1.82) is 0 Å². The minimum atomic E-state index is -4.53. The number of ether oxygens (including phenoxy) is 1. The predicted molar refractivity (Wildman–Crippen MR) is 139 cm³/mol. The van der Waals surface area contributed by atoms with Crippen LogP contribution >= 0.6 is 0 Å². The fourth-order valence-electron chi connectivity index (χ4n) is 5.08. The standard InChI is InChI=1S/C27H31F3N6O2/c1-15(27(28,29)30)38-23-14-17(12-21-24(23)25(31)34-33-21)16-2-7-20(26(37)32-18-3-4-18)22(13-16)36-10-8-35(9-11-36)19-5-6-19/h2,7,12-15,18-19H,3-6,8-11H2,1H3,(H,32,37)(H3,31,33,34). The predicted octanol–water partition coefficient (Wildman–Crippen LogP) is 4.32. The average molecular weight is 529 g/mol. The number of hydrogen-bond donors (Lipinski definition) is 3. The second-order valence-electron chi connectivity index (χ2n) is 10.5. The van der Waals surface area contributed by atoms with Crippen molar-refractivity contribution in [2.24, 2.45) is 0 Å². The first-order valence-electron chi connectivity index (χ1n) is 13.1. The van der Waals surface area contributed by atoms with E-state index in [1.165, 1.54) is 12.8 Å². The molecule has 0 radical (unpaired) electrons. The molecule has 2 saturated carbocycles. The molecule has 3 aromatic rings. The lowest BCUT2D eigenvalue weighted by Gasteiger charge is -2.37. The molecule has 1 unspecified atom stereocenters. The van der Waals surface area contributed by atoms with Gasteiger partial charge in [-0.3, -0.25) is 14.8 Å². The third-order valence-electron chi connectivity index (χ3n) is 7.63. The van der Waals surface area contributed by atoms with Gasteiger partial charge < -0.3 is 20.7 Å². The van der Waals surface area contributed by atoms with Crippen molar-refractivity contribution in [3.05, 3.63) is 35.9 Å². The first kappa shape index (κ1) is 24.8. The number of carbonyl (C=O) groups is 1. The van der Waals surface area contributed by atoms with Crippen molar-refractivity contribution < 1.29 is 22.7 Å². The van der Waals surface area contributed by atoms with Gasteiger partial charge in [0.05, 0.1) is 22.2 Å². The molecule has 2 heterocycles. The molecule has 1 atom stereocenters. The SMILES string of the molecule is CC(Oc1cc(-c2ccc(C(=O)NC3CC3)c(N3CCN(C4CC4)CC3)c2)cc2[nH]nc(N)c12)C(F)(F)F. The van der Waals surface area contributed by atoms with E-state index >= 15 is 0 Å². The van der Waals surface area contributed by atoms with Crippen molar-refractivity contribution in [2.75, 3.05) is 36.8 Å². The molecule has 2 aliphatic carbocycles. The van der Waals surface area contributed by atoms with Crippen LogP contribution in [0.4, 0.5) is 24.7 Å². The van der Waals surface area contributed by atoms with Crippen LogP contribution in [0.1, 0.15) is 43.0 Å². The Morgan fingerprint density at radius 3 is 2.50 bits per heavy atom. The molecule has 11 heteroatoms. The molecule has 3 aliphatic rings. The van der Waals surface area contributed by atoms with E-state index < -0.39 is 12.3 Å². The Labute approximate surface area is 218 Å². The molecule has 38 heavy (non-hydrogen) atoms. The number of nitrogen functional groups attached to an aromatic ring is 1. The molecule has 6 rings (SSSR count). The summed E-state index contributed by atoms with van der Waals surface area (Å²) in [6, 6.07) is 9.84. The number of nitrogens with one attached hydrogen (secondary N) is 2. The number of aromatic amines is 1. The summed E-state index contributed by atoms with van der Waals surface area (Å²) in [6.45, 7) is 4.44. The molecule has 3 fully saturated rings. The van der Waals surface area contributed by atoms with Crippen molar-refractivity contribution >= 4 is 28.3 Å². The van der Waals surface area contributed by atoms with Crippen LogP contribution in [0.5, 0.6) is 5.75 Å². The van der Waals surface area contributed by atoms with Crippen LogP contribution in [0.2, 0.25) is 0 Å². The Balaban J connectivity index is 1.37. The second kappa shape index (κ2) is 9.37. The van der Waals surface area contributed by atoms with Crippen LogP contribution in [0.25, 0.3) is 22.0 Å². The lowest BCUT2D eigenvalue weighted by molar-refractivity contribution is -0.188. The first-order chi connectivity index (χ1) is 18.2. The quantitative estimate of drug-likeness (QED) is 0.423. The van der Waals surface area contributed by atoms with Crippen LogP contribution in [-0.4, -0.2) is 71.5 Å². The number of nitrogens with two attached hydrogens (primary N) is 1. The van der Waals surface area contributed by atoms with Crippen molar-refractivity contribution in [3.63, 3.8) is 0 Å². The van der Waals surface area contributed by atoms with E-state index in [2.05, 4.69) is 25.3 Å². The maximum absolute atomic E-state index is 13.3. The van der Waals surface area contributed by atoms with E-state index in [9.17, 15) is 18.0 Å².